The molecule has 2 heterocycles. The van der Waals surface area contributed by atoms with Crippen molar-refractivity contribution in [2.45, 2.75) is 51.5 Å². The molecule has 0 aliphatic carbocycles. The highest BCUT2D eigenvalue weighted by atomic mass is 16.5. The van der Waals surface area contributed by atoms with E-state index in [-0.39, 0.29) is 17.9 Å². The van der Waals surface area contributed by atoms with E-state index in [0.717, 1.165) is 51.7 Å². The van der Waals surface area contributed by atoms with Crippen LogP contribution in [0.25, 0.3) is 0 Å². The van der Waals surface area contributed by atoms with Crippen LogP contribution < -0.4 is 4.74 Å². The number of ether oxygens (including phenoxy) is 1. The molecule has 3 rings (SSSR count). The van der Waals surface area contributed by atoms with Crippen molar-refractivity contribution in [3.63, 3.8) is 0 Å². The third kappa shape index (κ3) is 4.14. The Labute approximate surface area is 149 Å². The SMILES string of the molecule is CCOc1ccccc1C(=O)N1CCCC[C@H]1CCN1CCCC1=O. The Morgan fingerprint density at radius 2 is 2.04 bits per heavy atom. The topological polar surface area (TPSA) is 49.9 Å². The van der Waals surface area contributed by atoms with Crippen LogP contribution >= 0.6 is 0 Å². The first-order chi connectivity index (χ1) is 12.2. The highest BCUT2D eigenvalue weighted by Gasteiger charge is 2.30. The minimum absolute atomic E-state index is 0.0569. The summed E-state index contributed by atoms with van der Waals surface area (Å²) in [6, 6.07) is 7.71. The summed E-state index contributed by atoms with van der Waals surface area (Å²) in [5, 5.41) is 0. The maximum absolute atomic E-state index is 13.1. The highest BCUT2D eigenvalue weighted by Crippen LogP contribution is 2.26. The summed E-state index contributed by atoms with van der Waals surface area (Å²) in [4.78, 5) is 28.9. The van der Waals surface area contributed by atoms with Gasteiger partial charge in [0, 0.05) is 32.1 Å². The molecule has 136 valence electrons. The highest BCUT2D eigenvalue weighted by molar-refractivity contribution is 5.97. The Bertz CT molecular complexity index is 617. The van der Waals surface area contributed by atoms with Gasteiger partial charge in [-0.15, -0.1) is 0 Å². The first-order valence-electron chi connectivity index (χ1n) is 9.51. The fourth-order valence-corrected chi connectivity index (χ4v) is 3.89. The molecule has 1 aromatic rings. The Morgan fingerprint density at radius 3 is 2.80 bits per heavy atom. The first kappa shape index (κ1) is 17.8. The van der Waals surface area contributed by atoms with Crippen LogP contribution in [0, 0.1) is 0 Å². The third-order valence-corrected chi connectivity index (χ3v) is 5.21. The summed E-state index contributed by atoms with van der Waals surface area (Å²) in [6.07, 6.45) is 5.72. The molecule has 2 aliphatic rings. The van der Waals surface area contributed by atoms with Gasteiger partial charge in [0.25, 0.3) is 5.91 Å². The minimum atomic E-state index is 0.0569. The molecule has 0 unspecified atom stereocenters. The van der Waals surface area contributed by atoms with E-state index in [4.69, 9.17) is 4.74 Å². The van der Waals surface area contributed by atoms with Crippen LogP contribution in [-0.2, 0) is 4.79 Å². The van der Waals surface area contributed by atoms with Gasteiger partial charge in [-0.05, 0) is 51.2 Å². The van der Waals surface area contributed by atoms with Crippen molar-refractivity contribution in [1.29, 1.82) is 0 Å². The van der Waals surface area contributed by atoms with Gasteiger partial charge in [-0.2, -0.15) is 0 Å². The molecule has 25 heavy (non-hydrogen) atoms. The molecule has 0 aromatic heterocycles. The molecule has 5 heteroatoms. The average Bonchev–Trinajstić information content (AvgIpc) is 3.05. The van der Waals surface area contributed by atoms with Gasteiger partial charge in [-0.3, -0.25) is 9.59 Å². The molecule has 2 fully saturated rings. The van der Waals surface area contributed by atoms with Crippen molar-refractivity contribution >= 4 is 11.8 Å². The Kier molecular flexibility index (Phi) is 5.95. The van der Waals surface area contributed by atoms with Crippen LogP contribution in [-0.4, -0.2) is 53.9 Å². The van der Waals surface area contributed by atoms with Gasteiger partial charge < -0.3 is 14.5 Å². The van der Waals surface area contributed by atoms with Crippen LogP contribution in [0.1, 0.15) is 55.8 Å². The van der Waals surface area contributed by atoms with Gasteiger partial charge in [0.1, 0.15) is 5.75 Å². The molecule has 0 radical (unpaired) electrons. The predicted octanol–water partition coefficient (Wildman–Crippen LogP) is 3.09. The van der Waals surface area contributed by atoms with E-state index in [1.807, 2.05) is 41.0 Å². The molecule has 5 nitrogen and oxygen atoms in total. The summed E-state index contributed by atoms with van der Waals surface area (Å²) < 4.78 is 5.64. The summed E-state index contributed by atoms with van der Waals surface area (Å²) >= 11 is 0. The second-order valence-electron chi connectivity index (χ2n) is 6.85. The van der Waals surface area contributed by atoms with E-state index in [2.05, 4.69) is 0 Å². The summed E-state index contributed by atoms with van der Waals surface area (Å²) in [6.45, 7) is 4.90. The second kappa shape index (κ2) is 8.37. The zero-order chi connectivity index (χ0) is 17.6. The molecule has 0 N–H and O–H groups in total. The zero-order valence-corrected chi connectivity index (χ0v) is 15.1. The number of para-hydroxylation sites is 1. The van der Waals surface area contributed by atoms with Crippen LogP contribution in [0.2, 0.25) is 0 Å². The van der Waals surface area contributed by atoms with Gasteiger partial charge in [0.2, 0.25) is 5.91 Å². The van der Waals surface area contributed by atoms with E-state index in [9.17, 15) is 9.59 Å². The summed E-state index contributed by atoms with van der Waals surface area (Å²) in [5.41, 5.74) is 0.647. The van der Waals surface area contributed by atoms with E-state index < -0.39 is 0 Å². The quantitative estimate of drug-likeness (QED) is 0.797. The monoisotopic (exact) mass is 344 g/mol. The van der Waals surface area contributed by atoms with Gasteiger partial charge >= 0.3 is 0 Å². The molecule has 1 atom stereocenters. The van der Waals surface area contributed by atoms with Crippen molar-refractivity contribution < 1.29 is 14.3 Å². The second-order valence-corrected chi connectivity index (χ2v) is 6.85. The molecular weight excluding hydrogens is 316 g/mol. The van der Waals surface area contributed by atoms with E-state index in [0.29, 0.717) is 24.3 Å². The molecular formula is C20H28N2O3. The fraction of sp³-hybridized carbons (Fsp3) is 0.600. The molecule has 0 spiro atoms. The van der Waals surface area contributed by atoms with Crippen molar-refractivity contribution in [1.82, 2.24) is 9.80 Å². The maximum Gasteiger partial charge on any atom is 0.257 e. The first-order valence-corrected chi connectivity index (χ1v) is 9.51. The average molecular weight is 344 g/mol. The number of benzene rings is 1. The lowest BCUT2D eigenvalue weighted by atomic mass is 9.97. The number of carbonyl (C=O) groups excluding carboxylic acids is 2. The molecule has 0 saturated carbocycles. The maximum atomic E-state index is 13.1. The van der Waals surface area contributed by atoms with E-state index >= 15 is 0 Å². The molecule has 2 saturated heterocycles. The molecule has 0 bridgehead atoms. The number of piperidine rings is 1. The largest absolute Gasteiger partial charge is 0.493 e. The van der Waals surface area contributed by atoms with E-state index in [1.54, 1.807) is 0 Å². The lowest BCUT2D eigenvalue weighted by molar-refractivity contribution is -0.127. The number of likely N-dealkylation sites (tertiary alicyclic amines) is 2. The van der Waals surface area contributed by atoms with Gasteiger partial charge in [0.15, 0.2) is 0 Å². The third-order valence-electron chi connectivity index (χ3n) is 5.21. The normalized spacial score (nSPS) is 20.8. The number of hydrogen-bond acceptors (Lipinski definition) is 3. The van der Waals surface area contributed by atoms with Crippen LogP contribution in [0.5, 0.6) is 5.75 Å². The molecule has 1 aromatic carbocycles. The van der Waals surface area contributed by atoms with Gasteiger partial charge in [0.05, 0.1) is 12.2 Å². The van der Waals surface area contributed by atoms with Crippen LogP contribution in [0.15, 0.2) is 24.3 Å². The van der Waals surface area contributed by atoms with Crippen molar-refractivity contribution in [3.05, 3.63) is 29.8 Å². The number of hydrogen-bond donors (Lipinski definition) is 0. The summed E-state index contributed by atoms with van der Waals surface area (Å²) in [5.74, 6) is 0.978. The van der Waals surface area contributed by atoms with E-state index in [1.165, 1.54) is 0 Å². The van der Waals surface area contributed by atoms with Crippen molar-refractivity contribution in [3.8, 4) is 5.75 Å². The van der Waals surface area contributed by atoms with Gasteiger partial charge in [-0.1, -0.05) is 12.1 Å². The smallest absolute Gasteiger partial charge is 0.257 e. The predicted molar refractivity (Wildman–Crippen MR) is 96.7 cm³/mol. The molecule has 2 amide bonds. The Hall–Kier alpha value is -2.04. The molecule has 2 aliphatic heterocycles. The van der Waals surface area contributed by atoms with Crippen molar-refractivity contribution in [2.24, 2.45) is 0 Å². The zero-order valence-electron chi connectivity index (χ0n) is 15.1. The summed E-state index contributed by atoms with van der Waals surface area (Å²) in [7, 11) is 0. The number of carbonyl (C=O) groups is 2. The van der Waals surface area contributed by atoms with Crippen LogP contribution in [0.3, 0.4) is 0 Å². The van der Waals surface area contributed by atoms with Crippen molar-refractivity contribution in [2.75, 3.05) is 26.2 Å². The lowest BCUT2D eigenvalue weighted by Gasteiger charge is -2.37. The minimum Gasteiger partial charge on any atom is -0.493 e. The van der Waals surface area contributed by atoms with Crippen LogP contribution in [0.4, 0.5) is 0 Å². The number of rotatable bonds is 6. The number of nitrogens with zero attached hydrogens (tertiary/aromatic N) is 2. The fourth-order valence-electron chi connectivity index (χ4n) is 3.89. The van der Waals surface area contributed by atoms with Gasteiger partial charge in [-0.25, -0.2) is 0 Å². The lowest BCUT2D eigenvalue weighted by Crippen LogP contribution is -2.45. The standard InChI is InChI=1S/C20H28N2O3/c1-2-25-18-10-4-3-9-17(18)20(24)22-14-6-5-8-16(22)12-15-21-13-7-11-19(21)23/h3-4,9-10,16H,2,5-8,11-15H2,1H3/t16-/m0/s1. The number of amides is 2. The Morgan fingerprint density at radius 1 is 1.20 bits per heavy atom. The Balaban J connectivity index is 1.69.